The average molecular weight is 267 g/mol. The first kappa shape index (κ1) is 13.1. The van der Waals surface area contributed by atoms with Crippen LogP contribution < -0.4 is 5.43 Å². The van der Waals surface area contributed by atoms with E-state index in [2.05, 4.69) is 12.0 Å². The summed E-state index contributed by atoms with van der Waals surface area (Å²) in [4.78, 5) is 0.215. The Morgan fingerprint density at radius 2 is 2.06 bits per heavy atom. The van der Waals surface area contributed by atoms with Crippen molar-refractivity contribution in [1.82, 2.24) is 10.4 Å². The van der Waals surface area contributed by atoms with Gasteiger partial charge >= 0.3 is 0 Å². The lowest BCUT2D eigenvalue weighted by Gasteiger charge is -2.25. The van der Waals surface area contributed by atoms with Crippen LogP contribution in [0.4, 0.5) is 5.69 Å². The van der Waals surface area contributed by atoms with Gasteiger partial charge in [-0.15, -0.1) is 0 Å². The molecule has 6 heteroatoms. The standard InChI is InChI=1S/C12H15N2O3S/c1-2-18(15,16)12-5-3-4-11(10-12)13-14-6-8-17-9-7-14/h2-5,10H,1,6-9H2. The predicted octanol–water partition coefficient (Wildman–Crippen LogP) is 1.09. The van der Waals surface area contributed by atoms with Crippen LogP contribution in [0.1, 0.15) is 0 Å². The van der Waals surface area contributed by atoms with Gasteiger partial charge in [-0.25, -0.2) is 8.42 Å². The Morgan fingerprint density at radius 1 is 1.33 bits per heavy atom. The van der Waals surface area contributed by atoms with Gasteiger partial charge in [0.05, 0.1) is 23.8 Å². The van der Waals surface area contributed by atoms with E-state index in [1.165, 1.54) is 6.07 Å². The Labute approximate surface area is 107 Å². The maximum absolute atomic E-state index is 11.7. The van der Waals surface area contributed by atoms with E-state index >= 15 is 0 Å². The zero-order valence-electron chi connectivity index (χ0n) is 9.95. The number of rotatable bonds is 4. The van der Waals surface area contributed by atoms with Crippen molar-refractivity contribution in [2.24, 2.45) is 0 Å². The first-order chi connectivity index (χ1) is 8.62. The summed E-state index contributed by atoms with van der Waals surface area (Å²) < 4.78 is 28.5. The number of ether oxygens (including phenoxy) is 1. The Balaban J connectivity index is 2.14. The van der Waals surface area contributed by atoms with Crippen LogP contribution in [-0.4, -0.2) is 39.7 Å². The van der Waals surface area contributed by atoms with Crippen molar-refractivity contribution < 1.29 is 13.2 Å². The fraction of sp³-hybridized carbons (Fsp3) is 0.333. The van der Waals surface area contributed by atoms with Gasteiger partial charge < -0.3 is 4.74 Å². The molecule has 0 amide bonds. The van der Waals surface area contributed by atoms with Gasteiger partial charge in [0.2, 0.25) is 0 Å². The molecule has 1 aliphatic heterocycles. The molecule has 5 nitrogen and oxygen atoms in total. The summed E-state index contributed by atoms with van der Waals surface area (Å²) in [6.07, 6.45) is 0. The van der Waals surface area contributed by atoms with Gasteiger partial charge in [0.15, 0.2) is 9.84 Å². The molecule has 1 aromatic carbocycles. The Kier molecular flexibility index (Phi) is 4.00. The van der Waals surface area contributed by atoms with E-state index in [9.17, 15) is 8.42 Å². The summed E-state index contributed by atoms with van der Waals surface area (Å²) in [5.41, 5.74) is 5.01. The SMILES string of the molecule is C=CS(=O)(=O)c1cccc([N]N2CCOCC2)c1. The minimum absolute atomic E-state index is 0.215. The van der Waals surface area contributed by atoms with Gasteiger partial charge in [0, 0.05) is 18.5 Å². The van der Waals surface area contributed by atoms with Crippen LogP contribution in [0.25, 0.3) is 0 Å². The Bertz CT molecular complexity index is 522. The molecule has 1 saturated heterocycles. The van der Waals surface area contributed by atoms with Crippen molar-refractivity contribution in [2.75, 3.05) is 26.3 Å². The molecule has 0 bridgehead atoms. The molecule has 1 fully saturated rings. The van der Waals surface area contributed by atoms with Gasteiger partial charge in [0.1, 0.15) is 0 Å². The molecule has 1 heterocycles. The molecule has 0 aromatic heterocycles. The van der Waals surface area contributed by atoms with Gasteiger partial charge in [-0.1, -0.05) is 12.6 Å². The summed E-state index contributed by atoms with van der Waals surface area (Å²) in [6, 6.07) is 6.54. The zero-order chi connectivity index (χ0) is 13.0. The highest BCUT2D eigenvalue weighted by Crippen LogP contribution is 2.18. The monoisotopic (exact) mass is 267 g/mol. The summed E-state index contributed by atoms with van der Waals surface area (Å²) in [7, 11) is -3.40. The quantitative estimate of drug-likeness (QED) is 0.819. The molecule has 0 aliphatic carbocycles. The van der Waals surface area contributed by atoms with Crippen LogP contribution in [0.3, 0.4) is 0 Å². The second-order valence-corrected chi connectivity index (χ2v) is 5.77. The maximum Gasteiger partial charge on any atom is 0.199 e. The molecular formula is C12H15N2O3S. The molecule has 18 heavy (non-hydrogen) atoms. The summed E-state index contributed by atoms with van der Waals surface area (Å²) >= 11 is 0. The van der Waals surface area contributed by atoms with Crippen molar-refractivity contribution in [3.63, 3.8) is 0 Å². The molecule has 0 N–H and O–H groups in total. The van der Waals surface area contributed by atoms with Crippen molar-refractivity contribution in [2.45, 2.75) is 4.90 Å². The second kappa shape index (κ2) is 5.51. The summed E-state index contributed by atoms with van der Waals surface area (Å²) in [5, 5.41) is 2.82. The van der Waals surface area contributed by atoms with Crippen LogP contribution in [0.15, 0.2) is 41.1 Å². The first-order valence-corrected chi connectivity index (χ1v) is 7.18. The highest BCUT2D eigenvalue weighted by molar-refractivity contribution is 7.94. The topological polar surface area (TPSA) is 60.7 Å². The smallest absolute Gasteiger partial charge is 0.199 e. The number of hydrogen-bond acceptors (Lipinski definition) is 4. The van der Waals surface area contributed by atoms with E-state index in [1.807, 2.05) is 5.01 Å². The average Bonchev–Trinajstić information content (AvgIpc) is 2.40. The fourth-order valence-electron chi connectivity index (χ4n) is 1.64. The minimum Gasteiger partial charge on any atom is -0.379 e. The summed E-state index contributed by atoms with van der Waals surface area (Å²) in [6.45, 7) is 6.04. The van der Waals surface area contributed by atoms with E-state index in [0.29, 0.717) is 18.9 Å². The third kappa shape index (κ3) is 3.10. The first-order valence-electron chi connectivity index (χ1n) is 5.64. The van der Waals surface area contributed by atoms with Gasteiger partial charge in [0.25, 0.3) is 0 Å². The lowest BCUT2D eigenvalue weighted by atomic mass is 10.3. The van der Waals surface area contributed by atoms with E-state index in [-0.39, 0.29) is 4.90 Å². The highest BCUT2D eigenvalue weighted by atomic mass is 32.2. The largest absolute Gasteiger partial charge is 0.379 e. The van der Waals surface area contributed by atoms with Crippen LogP contribution in [0.2, 0.25) is 0 Å². The molecule has 1 aliphatic rings. The number of hydrogen-bond donors (Lipinski definition) is 0. The molecular weight excluding hydrogens is 252 g/mol. The van der Waals surface area contributed by atoms with Crippen molar-refractivity contribution in [3.8, 4) is 0 Å². The van der Waals surface area contributed by atoms with Crippen molar-refractivity contribution >= 4 is 15.5 Å². The normalized spacial score (nSPS) is 17.3. The van der Waals surface area contributed by atoms with Crippen LogP contribution >= 0.6 is 0 Å². The molecule has 0 spiro atoms. The lowest BCUT2D eigenvalue weighted by Crippen LogP contribution is -2.39. The molecule has 0 saturated carbocycles. The molecule has 1 aromatic rings. The van der Waals surface area contributed by atoms with Crippen molar-refractivity contribution in [1.29, 1.82) is 0 Å². The highest BCUT2D eigenvalue weighted by Gasteiger charge is 2.14. The van der Waals surface area contributed by atoms with Gasteiger partial charge in [-0.2, -0.15) is 10.4 Å². The zero-order valence-corrected chi connectivity index (χ0v) is 10.8. The molecule has 1 radical (unpaired) electrons. The maximum atomic E-state index is 11.7. The molecule has 0 unspecified atom stereocenters. The van der Waals surface area contributed by atoms with E-state index in [4.69, 9.17) is 4.74 Å². The second-order valence-electron chi connectivity index (χ2n) is 3.88. The number of nitrogens with zero attached hydrogens (tertiary/aromatic N) is 2. The molecule has 97 valence electrons. The van der Waals surface area contributed by atoms with Gasteiger partial charge in [-0.3, -0.25) is 0 Å². The minimum atomic E-state index is -3.40. The third-order valence-electron chi connectivity index (χ3n) is 2.61. The van der Waals surface area contributed by atoms with E-state index in [0.717, 1.165) is 18.5 Å². The lowest BCUT2D eigenvalue weighted by molar-refractivity contribution is 0.0201. The van der Waals surface area contributed by atoms with E-state index < -0.39 is 9.84 Å². The van der Waals surface area contributed by atoms with Crippen molar-refractivity contribution in [3.05, 3.63) is 36.3 Å². The molecule has 0 atom stereocenters. The Hall–Kier alpha value is -1.37. The van der Waals surface area contributed by atoms with Gasteiger partial charge in [-0.05, 0) is 18.2 Å². The number of sulfone groups is 1. The Morgan fingerprint density at radius 3 is 2.72 bits per heavy atom. The van der Waals surface area contributed by atoms with E-state index in [1.54, 1.807) is 18.2 Å². The fourth-order valence-corrected chi connectivity index (χ4v) is 2.38. The predicted molar refractivity (Wildman–Crippen MR) is 68.0 cm³/mol. The molecule has 2 rings (SSSR count). The van der Waals surface area contributed by atoms with Crippen LogP contribution in [0, 0.1) is 0 Å². The number of morpholine rings is 1. The van der Waals surface area contributed by atoms with Crippen LogP contribution in [0.5, 0.6) is 0 Å². The van der Waals surface area contributed by atoms with Crippen LogP contribution in [-0.2, 0) is 14.6 Å². The third-order valence-corrected chi connectivity index (χ3v) is 3.96. The summed E-state index contributed by atoms with van der Waals surface area (Å²) in [5.74, 6) is 0. The number of benzene rings is 1.